The lowest BCUT2D eigenvalue weighted by atomic mass is 9.74. The highest BCUT2D eigenvalue weighted by Crippen LogP contribution is 2.42. The monoisotopic (exact) mass is 462 g/mol. The fraction of sp³-hybridized carbons (Fsp3) is 0.522. The summed E-state index contributed by atoms with van der Waals surface area (Å²) in [5.41, 5.74) is 1.31. The number of ether oxygens (including phenoxy) is 4. The Labute approximate surface area is 192 Å². The SMILES string of the molecule is CCOCCC1=NC(CCOCC)=C(C(=O)OC)C(c2cccc([N+](=O)[O-])c2)C1C(=O)OC. The van der Waals surface area contributed by atoms with Crippen LogP contribution in [0.5, 0.6) is 0 Å². The van der Waals surface area contributed by atoms with Crippen molar-refractivity contribution < 1.29 is 33.5 Å². The maximum atomic E-state index is 13.0. The van der Waals surface area contributed by atoms with Crippen LogP contribution < -0.4 is 0 Å². The predicted octanol–water partition coefficient (Wildman–Crippen LogP) is 3.20. The van der Waals surface area contributed by atoms with Crippen LogP contribution in [-0.4, -0.2) is 63.2 Å². The van der Waals surface area contributed by atoms with Gasteiger partial charge < -0.3 is 18.9 Å². The molecule has 0 bridgehead atoms. The van der Waals surface area contributed by atoms with Crippen LogP contribution in [-0.2, 0) is 28.5 Å². The number of methoxy groups -OCH3 is 2. The van der Waals surface area contributed by atoms with E-state index in [0.717, 1.165) is 0 Å². The first-order valence-corrected chi connectivity index (χ1v) is 10.8. The lowest BCUT2D eigenvalue weighted by Crippen LogP contribution is -2.38. The van der Waals surface area contributed by atoms with Crippen LogP contribution in [0.1, 0.15) is 38.2 Å². The summed E-state index contributed by atoms with van der Waals surface area (Å²) in [4.78, 5) is 41.4. The predicted molar refractivity (Wildman–Crippen MR) is 120 cm³/mol. The molecule has 0 N–H and O–H groups in total. The van der Waals surface area contributed by atoms with Crippen molar-refractivity contribution in [3.63, 3.8) is 0 Å². The van der Waals surface area contributed by atoms with Crippen molar-refractivity contribution in [3.8, 4) is 0 Å². The van der Waals surface area contributed by atoms with Gasteiger partial charge in [-0.25, -0.2) is 4.79 Å². The van der Waals surface area contributed by atoms with Crippen molar-refractivity contribution in [3.05, 3.63) is 51.2 Å². The standard InChI is InChI=1S/C23H30N2O8/c1-5-32-12-10-17-20(22(26)30-3)19(15-8-7-9-16(14-15)25(28)29)21(23(27)31-4)18(24-17)11-13-33-6-2/h7-9,14,19-20H,5-6,10-13H2,1-4H3. The highest BCUT2D eigenvalue weighted by atomic mass is 16.6. The van der Waals surface area contributed by atoms with E-state index in [1.165, 1.54) is 32.4 Å². The summed E-state index contributed by atoms with van der Waals surface area (Å²) in [6.45, 7) is 5.31. The Hall–Kier alpha value is -3.11. The molecule has 2 atom stereocenters. The minimum Gasteiger partial charge on any atom is -0.468 e. The fourth-order valence-corrected chi connectivity index (χ4v) is 3.82. The Balaban J connectivity index is 2.73. The van der Waals surface area contributed by atoms with Gasteiger partial charge in [0.1, 0.15) is 5.92 Å². The van der Waals surface area contributed by atoms with Crippen LogP contribution >= 0.6 is 0 Å². The number of aliphatic imine (C=N–C) groups is 1. The number of hydrogen-bond acceptors (Lipinski definition) is 9. The zero-order chi connectivity index (χ0) is 24.4. The molecule has 0 fully saturated rings. The second-order valence-corrected chi connectivity index (χ2v) is 7.18. The first-order valence-electron chi connectivity index (χ1n) is 10.8. The normalized spacial score (nSPS) is 18.0. The average Bonchev–Trinajstić information content (AvgIpc) is 2.83. The summed E-state index contributed by atoms with van der Waals surface area (Å²) in [6, 6.07) is 5.86. The van der Waals surface area contributed by atoms with Crippen LogP contribution in [0.2, 0.25) is 0 Å². The Morgan fingerprint density at radius 3 is 2.30 bits per heavy atom. The second-order valence-electron chi connectivity index (χ2n) is 7.18. The van der Waals surface area contributed by atoms with E-state index in [-0.39, 0.29) is 11.3 Å². The molecule has 180 valence electrons. The van der Waals surface area contributed by atoms with Crippen LogP contribution in [0.3, 0.4) is 0 Å². The van der Waals surface area contributed by atoms with Gasteiger partial charge in [-0.1, -0.05) is 12.1 Å². The van der Waals surface area contributed by atoms with Crippen molar-refractivity contribution in [2.75, 3.05) is 40.6 Å². The van der Waals surface area contributed by atoms with E-state index in [1.54, 1.807) is 6.07 Å². The smallest absolute Gasteiger partial charge is 0.336 e. The third kappa shape index (κ3) is 6.45. The van der Waals surface area contributed by atoms with E-state index >= 15 is 0 Å². The second kappa shape index (κ2) is 12.8. The van der Waals surface area contributed by atoms with E-state index in [2.05, 4.69) is 4.99 Å². The average molecular weight is 462 g/mol. The lowest BCUT2D eigenvalue weighted by molar-refractivity contribution is -0.384. The molecular weight excluding hydrogens is 432 g/mol. The number of nitrogens with zero attached hydrogens (tertiary/aromatic N) is 2. The third-order valence-corrected chi connectivity index (χ3v) is 5.29. The molecule has 10 heteroatoms. The molecule has 1 aromatic rings. The van der Waals surface area contributed by atoms with Crippen molar-refractivity contribution in [2.45, 2.75) is 32.6 Å². The first-order chi connectivity index (χ1) is 15.9. The molecule has 0 saturated carbocycles. The van der Waals surface area contributed by atoms with Crippen LogP contribution in [0.4, 0.5) is 5.69 Å². The zero-order valence-corrected chi connectivity index (χ0v) is 19.4. The molecule has 1 heterocycles. The minimum absolute atomic E-state index is 0.158. The van der Waals surface area contributed by atoms with Gasteiger partial charge in [0.05, 0.1) is 43.6 Å². The lowest BCUT2D eigenvalue weighted by Gasteiger charge is -2.33. The molecule has 0 spiro atoms. The highest BCUT2D eigenvalue weighted by molar-refractivity contribution is 6.08. The minimum atomic E-state index is -0.970. The van der Waals surface area contributed by atoms with E-state index in [0.29, 0.717) is 56.2 Å². The number of nitro benzene ring substituents is 1. The van der Waals surface area contributed by atoms with Gasteiger partial charge in [0.25, 0.3) is 5.69 Å². The molecule has 0 saturated heterocycles. The van der Waals surface area contributed by atoms with Gasteiger partial charge in [-0.3, -0.25) is 19.9 Å². The molecule has 33 heavy (non-hydrogen) atoms. The topological polar surface area (TPSA) is 127 Å². The molecule has 2 unspecified atom stereocenters. The quantitative estimate of drug-likeness (QED) is 0.201. The molecule has 1 aliphatic rings. The first kappa shape index (κ1) is 26.1. The number of esters is 2. The molecule has 0 aliphatic carbocycles. The molecule has 10 nitrogen and oxygen atoms in total. The summed E-state index contributed by atoms with van der Waals surface area (Å²) in [5, 5.41) is 11.4. The number of rotatable bonds is 12. The van der Waals surface area contributed by atoms with Crippen LogP contribution in [0.15, 0.2) is 40.5 Å². The molecule has 0 amide bonds. The number of non-ortho nitro benzene ring substituents is 1. The van der Waals surface area contributed by atoms with Gasteiger partial charge in [-0.05, 0) is 19.4 Å². The zero-order valence-electron chi connectivity index (χ0n) is 19.4. The molecule has 0 aromatic heterocycles. The van der Waals surface area contributed by atoms with Gasteiger partial charge in [0.15, 0.2) is 0 Å². The summed E-state index contributed by atoms with van der Waals surface area (Å²) in [6.07, 6.45) is 0.626. The number of nitro groups is 1. The summed E-state index contributed by atoms with van der Waals surface area (Å²) in [5.74, 6) is -3.12. The Morgan fingerprint density at radius 1 is 1.06 bits per heavy atom. The molecular formula is C23H30N2O8. The van der Waals surface area contributed by atoms with E-state index in [4.69, 9.17) is 18.9 Å². The largest absolute Gasteiger partial charge is 0.468 e. The number of carbonyl (C=O) groups is 2. The number of benzene rings is 1. The maximum Gasteiger partial charge on any atom is 0.336 e. The Bertz CT molecular complexity index is 925. The summed E-state index contributed by atoms with van der Waals surface area (Å²) < 4.78 is 21.0. The van der Waals surface area contributed by atoms with E-state index in [9.17, 15) is 19.7 Å². The van der Waals surface area contributed by atoms with Crippen molar-refractivity contribution in [2.24, 2.45) is 10.9 Å². The van der Waals surface area contributed by atoms with Crippen molar-refractivity contribution in [1.29, 1.82) is 0 Å². The fourth-order valence-electron chi connectivity index (χ4n) is 3.82. The van der Waals surface area contributed by atoms with Crippen LogP contribution in [0.25, 0.3) is 0 Å². The van der Waals surface area contributed by atoms with Gasteiger partial charge in [0, 0.05) is 49.8 Å². The van der Waals surface area contributed by atoms with Gasteiger partial charge >= 0.3 is 11.9 Å². The van der Waals surface area contributed by atoms with E-state index < -0.39 is 28.7 Å². The molecule has 2 rings (SSSR count). The third-order valence-electron chi connectivity index (χ3n) is 5.29. The highest BCUT2D eigenvalue weighted by Gasteiger charge is 2.44. The number of carbonyl (C=O) groups excluding carboxylic acids is 2. The van der Waals surface area contributed by atoms with Crippen molar-refractivity contribution >= 4 is 23.3 Å². The van der Waals surface area contributed by atoms with Gasteiger partial charge in [0.2, 0.25) is 0 Å². The summed E-state index contributed by atoms with van der Waals surface area (Å²) in [7, 11) is 2.49. The molecule has 1 aliphatic heterocycles. The van der Waals surface area contributed by atoms with Crippen LogP contribution in [0, 0.1) is 16.0 Å². The summed E-state index contributed by atoms with van der Waals surface area (Å²) >= 11 is 0. The molecule has 0 radical (unpaired) electrons. The van der Waals surface area contributed by atoms with Gasteiger partial charge in [-0.2, -0.15) is 0 Å². The maximum absolute atomic E-state index is 13.0. The molecule has 1 aromatic carbocycles. The number of hydrogen-bond donors (Lipinski definition) is 0. The Morgan fingerprint density at radius 2 is 1.73 bits per heavy atom. The van der Waals surface area contributed by atoms with E-state index in [1.807, 2.05) is 13.8 Å². The van der Waals surface area contributed by atoms with Gasteiger partial charge in [-0.15, -0.1) is 0 Å². The van der Waals surface area contributed by atoms with Crippen molar-refractivity contribution in [1.82, 2.24) is 0 Å². The Kier molecular flexibility index (Phi) is 10.1.